The van der Waals surface area contributed by atoms with Crippen LogP contribution < -0.4 is 10.1 Å². The number of amides is 1. The smallest absolute Gasteiger partial charge is 0.243 e. The molecule has 0 bridgehead atoms. The summed E-state index contributed by atoms with van der Waals surface area (Å²) in [5.74, 6) is 0.0589. The topological polar surface area (TPSA) is 78.8 Å². The minimum Gasteiger partial charge on any atom is -0.492 e. The third-order valence-corrected chi connectivity index (χ3v) is 5.49. The third-order valence-electron chi connectivity index (χ3n) is 4.68. The Morgan fingerprint density at radius 2 is 2.00 bits per heavy atom. The quantitative estimate of drug-likeness (QED) is 0.585. The standard InChI is InChI=1S/C20H20F3NO4S/c1-2-18(27)24-10-13-9-16(12-3-5-14(6-4-12)29(21,22)23)20-15(7-8-28-20)19(13)17(26)11-25/h2-6,9,17,25-26H,1,7-8,10-11H2,(H,24,27). The Labute approximate surface area is 168 Å². The number of nitrogens with one attached hydrogen (secondary N) is 1. The maximum Gasteiger partial charge on any atom is 0.243 e. The molecule has 1 aliphatic heterocycles. The van der Waals surface area contributed by atoms with Gasteiger partial charge in [-0.25, -0.2) is 0 Å². The first-order valence-electron chi connectivity index (χ1n) is 8.79. The molecule has 1 amide bonds. The van der Waals surface area contributed by atoms with Crippen molar-refractivity contribution in [3.8, 4) is 16.9 Å². The molecular formula is C20H20F3NO4S. The highest BCUT2D eigenvalue weighted by Crippen LogP contribution is 2.60. The average Bonchev–Trinajstić information content (AvgIpc) is 3.19. The van der Waals surface area contributed by atoms with Crippen LogP contribution in [0.2, 0.25) is 0 Å². The Bertz CT molecular complexity index is 929. The van der Waals surface area contributed by atoms with Crippen molar-refractivity contribution in [1.29, 1.82) is 0 Å². The molecule has 0 fully saturated rings. The molecule has 0 spiro atoms. The summed E-state index contributed by atoms with van der Waals surface area (Å²) < 4.78 is 44.6. The zero-order valence-electron chi connectivity index (χ0n) is 15.3. The van der Waals surface area contributed by atoms with E-state index in [1.165, 1.54) is 12.1 Å². The largest absolute Gasteiger partial charge is 0.492 e. The maximum atomic E-state index is 13.0. The maximum absolute atomic E-state index is 13.0. The van der Waals surface area contributed by atoms with Crippen LogP contribution in [0.4, 0.5) is 11.7 Å². The van der Waals surface area contributed by atoms with Crippen LogP contribution in [-0.2, 0) is 17.8 Å². The fraction of sp³-hybridized carbons (Fsp3) is 0.250. The number of fused-ring (bicyclic) bond motifs is 1. The monoisotopic (exact) mass is 427 g/mol. The lowest BCUT2D eigenvalue weighted by molar-refractivity contribution is -0.116. The molecule has 1 atom stereocenters. The first-order chi connectivity index (χ1) is 13.8. The summed E-state index contributed by atoms with van der Waals surface area (Å²) in [4.78, 5) is 10.9. The molecule has 2 aromatic carbocycles. The van der Waals surface area contributed by atoms with Gasteiger partial charge in [-0.05, 0) is 41.0 Å². The van der Waals surface area contributed by atoms with Crippen molar-refractivity contribution in [2.45, 2.75) is 24.0 Å². The van der Waals surface area contributed by atoms with Gasteiger partial charge in [-0.15, -0.1) is 11.7 Å². The molecule has 1 unspecified atom stereocenters. The molecule has 0 aliphatic carbocycles. The SMILES string of the molecule is C=CC(=O)NCc1cc(-c2ccc(S(F)(F)F)cc2)c2c(c1C(O)CO)CCO2. The number of benzene rings is 2. The van der Waals surface area contributed by atoms with E-state index in [4.69, 9.17) is 4.74 Å². The molecule has 0 radical (unpaired) electrons. The van der Waals surface area contributed by atoms with Crippen LogP contribution in [0.1, 0.15) is 22.8 Å². The lowest BCUT2D eigenvalue weighted by Crippen LogP contribution is -2.22. The summed E-state index contributed by atoms with van der Waals surface area (Å²) in [5, 5.41) is 22.4. The predicted molar refractivity (Wildman–Crippen MR) is 104 cm³/mol. The first kappa shape index (κ1) is 21.2. The molecule has 0 saturated heterocycles. The van der Waals surface area contributed by atoms with Crippen molar-refractivity contribution in [3.63, 3.8) is 0 Å². The Morgan fingerprint density at radius 1 is 1.31 bits per heavy atom. The van der Waals surface area contributed by atoms with Gasteiger partial charge in [-0.3, -0.25) is 4.79 Å². The van der Waals surface area contributed by atoms with E-state index >= 15 is 0 Å². The molecule has 1 aliphatic rings. The molecule has 3 N–H and O–H groups in total. The van der Waals surface area contributed by atoms with Crippen LogP contribution >= 0.6 is 11.2 Å². The van der Waals surface area contributed by atoms with E-state index in [1.54, 1.807) is 6.07 Å². The second-order valence-electron chi connectivity index (χ2n) is 6.45. The van der Waals surface area contributed by atoms with Crippen molar-refractivity contribution in [3.05, 3.63) is 59.7 Å². The Morgan fingerprint density at radius 3 is 2.59 bits per heavy atom. The molecule has 1 heterocycles. The summed E-state index contributed by atoms with van der Waals surface area (Å²) >= 11 is -5.31. The average molecular weight is 427 g/mol. The van der Waals surface area contributed by atoms with Gasteiger partial charge in [0.1, 0.15) is 11.9 Å². The van der Waals surface area contributed by atoms with Gasteiger partial charge in [0.2, 0.25) is 17.1 Å². The van der Waals surface area contributed by atoms with Crippen LogP contribution in [0, 0.1) is 0 Å². The van der Waals surface area contributed by atoms with Crippen molar-refractivity contribution >= 4 is 17.1 Å². The highest BCUT2D eigenvalue weighted by molar-refractivity contribution is 8.20. The minimum absolute atomic E-state index is 0.0578. The summed E-state index contributed by atoms with van der Waals surface area (Å²) in [6, 6.07) is 6.48. The number of carbonyl (C=O) groups is 1. The van der Waals surface area contributed by atoms with E-state index in [0.29, 0.717) is 46.6 Å². The molecule has 29 heavy (non-hydrogen) atoms. The van der Waals surface area contributed by atoms with Gasteiger partial charge in [0, 0.05) is 24.1 Å². The highest BCUT2D eigenvalue weighted by atomic mass is 32.3. The van der Waals surface area contributed by atoms with E-state index in [9.17, 15) is 26.7 Å². The Balaban J connectivity index is 2.11. The number of halogens is 3. The first-order valence-corrected chi connectivity index (χ1v) is 10.1. The van der Waals surface area contributed by atoms with Crippen LogP contribution in [0.15, 0.2) is 47.9 Å². The number of carbonyl (C=O) groups excluding carboxylic acids is 1. The van der Waals surface area contributed by atoms with Crippen molar-refractivity contribution in [2.24, 2.45) is 0 Å². The number of rotatable bonds is 7. The molecule has 156 valence electrons. The Kier molecular flexibility index (Phi) is 6.21. The second-order valence-corrected chi connectivity index (χ2v) is 7.74. The van der Waals surface area contributed by atoms with E-state index < -0.39 is 34.7 Å². The van der Waals surface area contributed by atoms with Crippen LogP contribution in [-0.4, -0.2) is 29.3 Å². The van der Waals surface area contributed by atoms with Crippen LogP contribution in [0.3, 0.4) is 0 Å². The fourth-order valence-corrected chi connectivity index (χ4v) is 3.82. The van der Waals surface area contributed by atoms with Gasteiger partial charge in [0.25, 0.3) is 0 Å². The van der Waals surface area contributed by atoms with Crippen LogP contribution in [0.25, 0.3) is 11.1 Å². The number of aliphatic hydroxyl groups is 2. The number of ether oxygens (including phenoxy) is 1. The summed E-state index contributed by atoms with van der Waals surface area (Å²) in [6.07, 6.45) is 0.409. The normalized spacial score (nSPS) is 14.7. The number of hydrogen-bond donors (Lipinski definition) is 3. The fourth-order valence-electron chi connectivity index (χ4n) is 3.37. The van der Waals surface area contributed by atoms with Crippen molar-refractivity contribution < 1.29 is 31.4 Å². The van der Waals surface area contributed by atoms with E-state index in [1.807, 2.05) is 0 Å². The summed E-state index contributed by atoms with van der Waals surface area (Å²) in [6.45, 7) is 3.28. The lowest BCUT2D eigenvalue weighted by Gasteiger charge is -2.21. The second kappa shape index (κ2) is 8.48. The number of aliphatic hydroxyl groups excluding tert-OH is 2. The molecule has 3 rings (SSSR count). The van der Waals surface area contributed by atoms with Crippen molar-refractivity contribution in [1.82, 2.24) is 5.32 Å². The van der Waals surface area contributed by atoms with Gasteiger partial charge >= 0.3 is 0 Å². The zero-order valence-corrected chi connectivity index (χ0v) is 16.1. The molecule has 0 saturated carbocycles. The predicted octanol–water partition coefficient (Wildman–Crippen LogP) is 3.93. The van der Waals surface area contributed by atoms with Crippen molar-refractivity contribution in [2.75, 3.05) is 13.2 Å². The van der Waals surface area contributed by atoms with Gasteiger partial charge < -0.3 is 20.3 Å². The van der Waals surface area contributed by atoms with E-state index in [0.717, 1.165) is 18.2 Å². The molecular weight excluding hydrogens is 407 g/mol. The van der Waals surface area contributed by atoms with E-state index in [-0.39, 0.29) is 6.54 Å². The molecule has 2 aromatic rings. The third kappa shape index (κ3) is 4.42. The summed E-state index contributed by atoms with van der Waals surface area (Å²) in [7, 11) is 0. The zero-order chi connectivity index (χ0) is 21.2. The molecule has 5 nitrogen and oxygen atoms in total. The van der Waals surface area contributed by atoms with Crippen LogP contribution in [0.5, 0.6) is 5.75 Å². The molecule has 0 aromatic heterocycles. The lowest BCUT2D eigenvalue weighted by atomic mass is 9.89. The van der Waals surface area contributed by atoms with Gasteiger partial charge in [-0.1, -0.05) is 18.7 Å². The van der Waals surface area contributed by atoms with Gasteiger partial charge in [0.05, 0.1) is 18.1 Å². The van der Waals surface area contributed by atoms with Gasteiger partial charge in [0.15, 0.2) is 0 Å². The van der Waals surface area contributed by atoms with E-state index in [2.05, 4.69) is 11.9 Å². The Hall–Kier alpha value is -2.49. The molecule has 9 heteroatoms. The summed E-state index contributed by atoms with van der Waals surface area (Å²) in [5.41, 5.74) is 2.78. The minimum atomic E-state index is -5.31. The van der Waals surface area contributed by atoms with Gasteiger partial charge in [-0.2, -0.15) is 0 Å². The number of hydrogen-bond acceptors (Lipinski definition) is 4. The highest BCUT2D eigenvalue weighted by Gasteiger charge is 2.28.